The zero-order valence-corrected chi connectivity index (χ0v) is 19.2. The largest absolute Gasteiger partial charge is 0.429 e. The first-order valence-electron chi connectivity index (χ1n) is 12.1. The Labute approximate surface area is 199 Å². The summed E-state index contributed by atoms with van der Waals surface area (Å²) in [4.78, 5) is 0. The standard InChI is InChI=1S/C29H30F4O/c1-2-3-4-20-9-12-25-18-24(14-13-23(25)15-20)22-10-7-19(8-11-22)5-6-21-16-26(30)28(27(31)17-21)34-29(32)33/h2,7-8,10-11,16-17,20,23-25,29H,1,3-4,9,12-15,18H2. The second-order valence-electron chi connectivity index (χ2n) is 9.59. The highest BCUT2D eigenvalue weighted by Crippen LogP contribution is 2.48. The minimum Gasteiger partial charge on any atom is -0.429 e. The van der Waals surface area contributed by atoms with Gasteiger partial charge in [-0.25, -0.2) is 8.78 Å². The van der Waals surface area contributed by atoms with Crippen LogP contribution in [0.2, 0.25) is 0 Å². The molecule has 0 bridgehead atoms. The van der Waals surface area contributed by atoms with Gasteiger partial charge >= 0.3 is 6.61 Å². The van der Waals surface area contributed by atoms with Crippen molar-refractivity contribution in [1.29, 1.82) is 0 Å². The lowest BCUT2D eigenvalue weighted by Crippen LogP contribution is -2.30. The molecule has 0 aromatic heterocycles. The Morgan fingerprint density at radius 2 is 1.56 bits per heavy atom. The fourth-order valence-electron chi connectivity index (χ4n) is 5.72. The molecule has 2 aliphatic rings. The van der Waals surface area contributed by atoms with Gasteiger partial charge in [-0.3, -0.25) is 0 Å². The van der Waals surface area contributed by atoms with Crippen molar-refractivity contribution in [1.82, 2.24) is 0 Å². The lowest BCUT2D eigenvalue weighted by Gasteiger charge is -2.42. The summed E-state index contributed by atoms with van der Waals surface area (Å²) in [5.74, 6) is 5.21. The van der Waals surface area contributed by atoms with E-state index in [0.717, 1.165) is 41.9 Å². The number of halogens is 4. The van der Waals surface area contributed by atoms with Crippen LogP contribution in [0, 0.1) is 41.2 Å². The van der Waals surface area contributed by atoms with Crippen LogP contribution in [-0.2, 0) is 0 Å². The van der Waals surface area contributed by atoms with E-state index in [-0.39, 0.29) is 5.56 Å². The molecular formula is C29H30F4O. The van der Waals surface area contributed by atoms with Crippen LogP contribution in [0.4, 0.5) is 17.6 Å². The molecule has 0 radical (unpaired) electrons. The van der Waals surface area contributed by atoms with Crippen molar-refractivity contribution in [2.75, 3.05) is 0 Å². The molecule has 0 saturated heterocycles. The van der Waals surface area contributed by atoms with E-state index in [2.05, 4.69) is 35.3 Å². The van der Waals surface area contributed by atoms with Gasteiger partial charge in [0.15, 0.2) is 17.4 Å². The number of alkyl halides is 2. The number of fused-ring (bicyclic) bond motifs is 1. The molecule has 0 amide bonds. The van der Waals surface area contributed by atoms with E-state index in [1.807, 2.05) is 18.2 Å². The van der Waals surface area contributed by atoms with E-state index in [9.17, 15) is 17.6 Å². The van der Waals surface area contributed by atoms with E-state index < -0.39 is 24.0 Å². The Morgan fingerprint density at radius 1 is 0.912 bits per heavy atom. The van der Waals surface area contributed by atoms with Crippen molar-refractivity contribution in [3.05, 3.63) is 77.4 Å². The molecular weight excluding hydrogens is 440 g/mol. The fraction of sp³-hybridized carbons (Fsp3) is 0.448. The highest BCUT2D eigenvalue weighted by atomic mass is 19.3. The van der Waals surface area contributed by atoms with Gasteiger partial charge in [0.1, 0.15) is 0 Å². The van der Waals surface area contributed by atoms with Crippen molar-refractivity contribution >= 4 is 0 Å². The van der Waals surface area contributed by atoms with Crippen molar-refractivity contribution in [3.63, 3.8) is 0 Å². The number of rotatable bonds is 6. The van der Waals surface area contributed by atoms with E-state index in [1.165, 1.54) is 50.5 Å². The molecule has 0 aliphatic heterocycles. The molecule has 5 heteroatoms. The molecule has 4 unspecified atom stereocenters. The predicted octanol–water partition coefficient (Wildman–Crippen LogP) is 8.23. The van der Waals surface area contributed by atoms with Gasteiger partial charge in [0, 0.05) is 11.1 Å². The third kappa shape index (κ3) is 6.03. The molecule has 0 N–H and O–H groups in total. The normalized spacial score (nSPS) is 24.1. The average Bonchev–Trinajstić information content (AvgIpc) is 2.83. The molecule has 2 fully saturated rings. The van der Waals surface area contributed by atoms with Crippen molar-refractivity contribution in [3.8, 4) is 17.6 Å². The van der Waals surface area contributed by atoms with Crippen LogP contribution < -0.4 is 4.74 Å². The van der Waals surface area contributed by atoms with Gasteiger partial charge in [-0.05, 0) is 98.4 Å². The SMILES string of the molecule is C=CCCC1CCC2CC(c3ccc(C#Cc4cc(F)c(OC(F)F)c(F)c4)cc3)CCC2C1. The van der Waals surface area contributed by atoms with Crippen LogP contribution in [-0.4, -0.2) is 6.61 Å². The maximum absolute atomic E-state index is 13.9. The zero-order valence-electron chi connectivity index (χ0n) is 19.2. The molecule has 0 heterocycles. The van der Waals surface area contributed by atoms with E-state index >= 15 is 0 Å². The summed E-state index contributed by atoms with van der Waals surface area (Å²) in [5, 5.41) is 0. The molecule has 2 aromatic carbocycles. The van der Waals surface area contributed by atoms with E-state index in [4.69, 9.17) is 0 Å². The average molecular weight is 471 g/mol. The van der Waals surface area contributed by atoms with Crippen molar-refractivity contribution in [2.24, 2.45) is 17.8 Å². The number of hydrogen-bond acceptors (Lipinski definition) is 1. The maximum Gasteiger partial charge on any atom is 0.387 e. The van der Waals surface area contributed by atoms with Gasteiger partial charge in [0.05, 0.1) is 0 Å². The number of benzene rings is 2. The summed E-state index contributed by atoms with van der Waals surface area (Å²) in [6.07, 6.45) is 12.2. The summed E-state index contributed by atoms with van der Waals surface area (Å²) in [7, 11) is 0. The van der Waals surface area contributed by atoms with Crippen molar-refractivity contribution in [2.45, 2.75) is 63.9 Å². The molecule has 4 rings (SSSR count). The van der Waals surface area contributed by atoms with Gasteiger partial charge in [-0.1, -0.05) is 36.5 Å². The first kappa shape index (κ1) is 24.4. The lowest BCUT2D eigenvalue weighted by molar-refractivity contribution is -0.0546. The fourth-order valence-corrected chi connectivity index (χ4v) is 5.72. The monoisotopic (exact) mass is 470 g/mol. The second kappa shape index (κ2) is 11.1. The Balaban J connectivity index is 1.37. The van der Waals surface area contributed by atoms with Crippen LogP contribution in [0.5, 0.6) is 5.75 Å². The molecule has 4 atom stereocenters. The highest BCUT2D eigenvalue weighted by Gasteiger charge is 2.35. The minimum atomic E-state index is -3.30. The van der Waals surface area contributed by atoms with Crippen LogP contribution in [0.25, 0.3) is 0 Å². The Hall–Kier alpha value is -2.74. The molecule has 34 heavy (non-hydrogen) atoms. The predicted molar refractivity (Wildman–Crippen MR) is 126 cm³/mol. The second-order valence-corrected chi connectivity index (χ2v) is 9.59. The summed E-state index contributed by atoms with van der Waals surface area (Å²) < 4.78 is 56.2. The summed E-state index contributed by atoms with van der Waals surface area (Å²) in [5.41, 5.74) is 2.11. The quantitative estimate of drug-likeness (QED) is 0.235. The van der Waals surface area contributed by atoms with Gasteiger partial charge in [-0.2, -0.15) is 8.78 Å². The zero-order chi connectivity index (χ0) is 24.1. The first-order valence-corrected chi connectivity index (χ1v) is 12.1. The molecule has 2 saturated carbocycles. The van der Waals surface area contributed by atoms with Crippen LogP contribution in [0.1, 0.15) is 74.0 Å². The smallest absolute Gasteiger partial charge is 0.387 e. The van der Waals surface area contributed by atoms with Gasteiger partial charge in [0.25, 0.3) is 0 Å². The third-order valence-corrected chi connectivity index (χ3v) is 7.44. The third-order valence-electron chi connectivity index (χ3n) is 7.44. The maximum atomic E-state index is 13.9. The molecule has 2 aromatic rings. The summed E-state index contributed by atoms with van der Waals surface area (Å²) >= 11 is 0. The molecule has 2 aliphatic carbocycles. The number of hydrogen-bond donors (Lipinski definition) is 0. The van der Waals surface area contributed by atoms with Crippen LogP contribution in [0.15, 0.2) is 49.1 Å². The Morgan fingerprint density at radius 3 is 2.24 bits per heavy atom. The Kier molecular flexibility index (Phi) is 7.98. The Bertz CT molecular complexity index is 1030. The highest BCUT2D eigenvalue weighted by molar-refractivity contribution is 5.46. The van der Waals surface area contributed by atoms with Gasteiger partial charge < -0.3 is 4.74 Å². The summed E-state index contributed by atoms with van der Waals surface area (Å²) in [6, 6.07) is 9.86. The van der Waals surface area contributed by atoms with E-state index in [0.29, 0.717) is 5.92 Å². The lowest BCUT2D eigenvalue weighted by atomic mass is 9.63. The minimum absolute atomic E-state index is 0.0581. The summed E-state index contributed by atoms with van der Waals surface area (Å²) in [6.45, 7) is 0.557. The van der Waals surface area contributed by atoms with Gasteiger partial charge in [0.2, 0.25) is 0 Å². The number of ether oxygens (including phenoxy) is 1. The van der Waals surface area contributed by atoms with Gasteiger partial charge in [-0.15, -0.1) is 6.58 Å². The number of allylic oxidation sites excluding steroid dienone is 1. The van der Waals surface area contributed by atoms with Crippen LogP contribution >= 0.6 is 0 Å². The topological polar surface area (TPSA) is 9.23 Å². The van der Waals surface area contributed by atoms with E-state index in [1.54, 1.807) is 0 Å². The molecule has 1 nitrogen and oxygen atoms in total. The van der Waals surface area contributed by atoms with Crippen LogP contribution in [0.3, 0.4) is 0 Å². The van der Waals surface area contributed by atoms with Crippen molar-refractivity contribution < 1.29 is 22.3 Å². The first-order chi connectivity index (χ1) is 16.4. The molecule has 180 valence electrons. The molecule has 0 spiro atoms.